The minimum absolute atomic E-state index is 0.0148. The van der Waals surface area contributed by atoms with Crippen molar-refractivity contribution >= 4 is 11.8 Å². The molecular formula is C27H34N6O3. The maximum atomic E-state index is 14.0. The quantitative estimate of drug-likeness (QED) is 0.503. The van der Waals surface area contributed by atoms with Gasteiger partial charge in [-0.1, -0.05) is 19.1 Å². The highest BCUT2D eigenvalue weighted by Crippen LogP contribution is 2.39. The minimum Gasteiger partial charge on any atom is -0.497 e. The lowest BCUT2D eigenvalue weighted by molar-refractivity contribution is 0.0640. The second kappa shape index (κ2) is 10.3. The molecule has 0 bridgehead atoms. The van der Waals surface area contributed by atoms with Gasteiger partial charge in [-0.05, 0) is 49.1 Å². The minimum atomic E-state index is -0.288. The lowest BCUT2D eigenvalue weighted by Crippen LogP contribution is -2.54. The van der Waals surface area contributed by atoms with Crippen LogP contribution in [0.4, 0.5) is 10.6 Å². The summed E-state index contributed by atoms with van der Waals surface area (Å²) in [6.45, 7) is 5.71. The smallest absolute Gasteiger partial charge is 0.326 e. The van der Waals surface area contributed by atoms with Crippen LogP contribution in [-0.2, 0) is 13.0 Å². The molecule has 9 nitrogen and oxygen atoms in total. The normalized spacial score (nSPS) is 17.8. The third kappa shape index (κ3) is 4.56. The Balaban J connectivity index is 1.47. The van der Waals surface area contributed by atoms with Gasteiger partial charge in [-0.15, -0.1) is 0 Å². The molecule has 0 saturated carbocycles. The van der Waals surface area contributed by atoms with Gasteiger partial charge in [0.05, 0.1) is 37.7 Å². The summed E-state index contributed by atoms with van der Waals surface area (Å²) in [6.07, 6.45) is 6.12. The molecule has 4 heterocycles. The first kappa shape index (κ1) is 24.3. The molecule has 1 spiro atoms. The number of nitrogens with one attached hydrogen (secondary N) is 1. The summed E-state index contributed by atoms with van der Waals surface area (Å²) >= 11 is 0. The second-order valence-electron chi connectivity index (χ2n) is 9.60. The molecule has 0 unspecified atom stereocenters. The molecule has 2 aliphatic rings. The number of piperidine rings is 1. The third-order valence-electron chi connectivity index (χ3n) is 7.54. The van der Waals surface area contributed by atoms with Gasteiger partial charge in [0, 0.05) is 43.5 Å². The third-order valence-corrected chi connectivity index (χ3v) is 7.54. The standard InChI is InChI=1S/C27H34N6O3/c1-3-24-23(21-16-28-29-17-21)7-8-25(30-24)32-19-27(9-11-31(12-10-27)13-14-34)33(26(32)35)18-20-5-4-6-22(15-20)36-2/h4-8,15-17,34H,3,9-14,18-19H2,1-2H3,(H,28,29). The Bertz CT molecular complexity index is 1190. The van der Waals surface area contributed by atoms with E-state index in [2.05, 4.69) is 22.0 Å². The number of carbonyl (C=O) groups excluding carboxylic acids is 1. The molecule has 2 aromatic heterocycles. The molecule has 36 heavy (non-hydrogen) atoms. The molecule has 1 aromatic carbocycles. The molecule has 0 radical (unpaired) electrons. The fourth-order valence-corrected chi connectivity index (χ4v) is 5.50. The van der Waals surface area contributed by atoms with E-state index in [1.807, 2.05) is 52.4 Å². The Morgan fingerprint density at radius 2 is 2.03 bits per heavy atom. The highest BCUT2D eigenvalue weighted by molar-refractivity contribution is 5.94. The molecule has 2 saturated heterocycles. The zero-order valence-corrected chi connectivity index (χ0v) is 21.0. The number of aliphatic hydroxyl groups excluding tert-OH is 1. The molecule has 0 atom stereocenters. The fourth-order valence-electron chi connectivity index (χ4n) is 5.50. The van der Waals surface area contributed by atoms with E-state index in [4.69, 9.17) is 9.72 Å². The molecule has 0 aliphatic carbocycles. The number of H-pyrrole nitrogens is 1. The van der Waals surface area contributed by atoms with Crippen LogP contribution < -0.4 is 9.64 Å². The maximum Gasteiger partial charge on any atom is 0.326 e. The second-order valence-corrected chi connectivity index (χ2v) is 9.60. The van der Waals surface area contributed by atoms with E-state index in [-0.39, 0.29) is 18.2 Å². The highest BCUT2D eigenvalue weighted by Gasteiger charge is 2.51. The van der Waals surface area contributed by atoms with Crippen LogP contribution in [0, 0.1) is 0 Å². The summed E-state index contributed by atoms with van der Waals surface area (Å²) < 4.78 is 5.42. The van der Waals surface area contributed by atoms with E-state index in [0.717, 1.165) is 60.5 Å². The van der Waals surface area contributed by atoms with E-state index >= 15 is 0 Å². The van der Waals surface area contributed by atoms with Crippen molar-refractivity contribution in [3.8, 4) is 16.9 Å². The van der Waals surface area contributed by atoms with Gasteiger partial charge in [0.1, 0.15) is 11.6 Å². The number of urea groups is 1. The van der Waals surface area contributed by atoms with Gasteiger partial charge in [0.2, 0.25) is 0 Å². The number of aliphatic hydroxyl groups is 1. The molecule has 2 aliphatic heterocycles. The Kier molecular flexibility index (Phi) is 6.93. The predicted molar refractivity (Wildman–Crippen MR) is 138 cm³/mol. The van der Waals surface area contributed by atoms with Crippen molar-refractivity contribution in [1.82, 2.24) is 25.0 Å². The van der Waals surface area contributed by atoms with E-state index in [0.29, 0.717) is 25.5 Å². The number of methoxy groups -OCH3 is 1. The monoisotopic (exact) mass is 490 g/mol. The number of amides is 2. The van der Waals surface area contributed by atoms with Crippen LogP contribution >= 0.6 is 0 Å². The lowest BCUT2D eigenvalue weighted by Gasteiger charge is -2.43. The number of likely N-dealkylation sites (tertiary alicyclic amines) is 1. The number of pyridine rings is 1. The van der Waals surface area contributed by atoms with E-state index in [1.54, 1.807) is 13.3 Å². The summed E-state index contributed by atoms with van der Waals surface area (Å²) in [5.41, 5.74) is 3.72. The van der Waals surface area contributed by atoms with Gasteiger partial charge in [-0.3, -0.25) is 10.00 Å². The largest absolute Gasteiger partial charge is 0.497 e. The Morgan fingerprint density at radius 1 is 1.19 bits per heavy atom. The van der Waals surface area contributed by atoms with Crippen molar-refractivity contribution in [3.63, 3.8) is 0 Å². The lowest BCUT2D eigenvalue weighted by atomic mass is 9.86. The first-order chi connectivity index (χ1) is 17.6. The summed E-state index contributed by atoms with van der Waals surface area (Å²) in [5.74, 6) is 1.47. The van der Waals surface area contributed by atoms with Crippen LogP contribution in [0.3, 0.4) is 0 Å². The summed E-state index contributed by atoms with van der Waals surface area (Å²) in [5, 5.41) is 16.3. The molecule has 3 aromatic rings. The summed E-state index contributed by atoms with van der Waals surface area (Å²) in [7, 11) is 1.66. The van der Waals surface area contributed by atoms with E-state index in [9.17, 15) is 9.90 Å². The number of rotatable bonds is 8. The Labute approximate surface area is 211 Å². The topological polar surface area (TPSA) is 97.8 Å². The van der Waals surface area contributed by atoms with Gasteiger partial charge in [-0.2, -0.15) is 5.10 Å². The van der Waals surface area contributed by atoms with Crippen molar-refractivity contribution in [3.05, 3.63) is 60.0 Å². The molecule has 2 N–H and O–H groups in total. The Morgan fingerprint density at radius 3 is 2.72 bits per heavy atom. The first-order valence-corrected chi connectivity index (χ1v) is 12.6. The Hall–Kier alpha value is -3.43. The number of aromatic nitrogens is 3. The number of ether oxygens (including phenoxy) is 1. The SMILES string of the molecule is CCc1nc(N2CC3(CCN(CCO)CC3)N(Cc3cccc(OC)c3)C2=O)ccc1-c1cn[nH]c1. The maximum absolute atomic E-state index is 14.0. The average Bonchev–Trinajstić information content (AvgIpc) is 3.54. The van der Waals surface area contributed by atoms with Crippen LogP contribution in [0.15, 0.2) is 48.8 Å². The van der Waals surface area contributed by atoms with Crippen LogP contribution in [0.25, 0.3) is 11.1 Å². The summed E-state index contributed by atoms with van der Waals surface area (Å²) in [4.78, 5) is 25.1. The summed E-state index contributed by atoms with van der Waals surface area (Å²) in [6, 6.07) is 11.9. The highest BCUT2D eigenvalue weighted by atomic mass is 16.5. The first-order valence-electron chi connectivity index (χ1n) is 12.6. The number of hydrogen-bond donors (Lipinski definition) is 2. The van der Waals surface area contributed by atoms with Crippen LogP contribution in [0.1, 0.15) is 31.0 Å². The van der Waals surface area contributed by atoms with Crippen molar-refractivity contribution in [2.45, 2.75) is 38.3 Å². The van der Waals surface area contributed by atoms with Gasteiger partial charge in [0.25, 0.3) is 0 Å². The number of benzene rings is 1. The molecular weight excluding hydrogens is 456 g/mol. The van der Waals surface area contributed by atoms with Crippen LogP contribution in [-0.4, -0.2) is 81.6 Å². The van der Waals surface area contributed by atoms with Crippen molar-refractivity contribution in [2.75, 3.05) is 44.8 Å². The number of aryl methyl sites for hydroxylation is 1. The van der Waals surface area contributed by atoms with Gasteiger partial charge < -0.3 is 19.6 Å². The van der Waals surface area contributed by atoms with Gasteiger partial charge in [0.15, 0.2) is 0 Å². The van der Waals surface area contributed by atoms with Gasteiger partial charge in [-0.25, -0.2) is 9.78 Å². The molecule has 190 valence electrons. The number of nitrogens with zero attached hydrogens (tertiary/aromatic N) is 5. The van der Waals surface area contributed by atoms with Crippen molar-refractivity contribution < 1.29 is 14.6 Å². The zero-order chi connectivity index (χ0) is 25.1. The van der Waals surface area contributed by atoms with E-state index < -0.39 is 0 Å². The number of hydrogen-bond acceptors (Lipinski definition) is 6. The number of aromatic amines is 1. The zero-order valence-electron chi connectivity index (χ0n) is 21.0. The molecule has 2 amide bonds. The number of carbonyl (C=O) groups is 1. The number of β-amino-alcohol motifs (C(OH)–C–C–N with tert-alkyl or cyclic N) is 1. The predicted octanol–water partition coefficient (Wildman–Crippen LogP) is 3.31. The fraction of sp³-hybridized carbons (Fsp3) is 0.444. The van der Waals surface area contributed by atoms with Crippen molar-refractivity contribution in [2.24, 2.45) is 0 Å². The average molecular weight is 491 g/mol. The molecule has 9 heteroatoms. The molecule has 2 fully saturated rings. The van der Waals surface area contributed by atoms with E-state index in [1.165, 1.54) is 0 Å². The molecule has 5 rings (SSSR count). The van der Waals surface area contributed by atoms with Crippen molar-refractivity contribution in [1.29, 1.82) is 0 Å². The van der Waals surface area contributed by atoms with Crippen LogP contribution in [0.5, 0.6) is 5.75 Å². The van der Waals surface area contributed by atoms with Crippen LogP contribution in [0.2, 0.25) is 0 Å². The number of anilines is 1. The van der Waals surface area contributed by atoms with Gasteiger partial charge >= 0.3 is 6.03 Å².